The zero-order chi connectivity index (χ0) is 12.3. The van der Waals surface area contributed by atoms with Gasteiger partial charge in [-0.25, -0.2) is 0 Å². The van der Waals surface area contributed by atoms with Crippen molar-refractivity contribution in [3.63, 3.8) is 0 Å². The Morgan fingerprint density at radius 1 is 0.941 bits per heavy atom. The molecule has 0 aromatic heterocycles. The normalized spacial score (nSPS) is 10.0. The van der Waals surface area contributed by atoms with Gasteiger partial charge in [0.15, 0.2) is 0 Å². The molecule has 86 valence electrons. The van der Waals surface area contributed by atoms with Gasteiger partial charge in [0.1, 0.15) is 0 Å². The Hall–Kier alpha value is -1.61. The average Bonchev–Trinajstić information content (AvgIpc) is 2.30. The van der Waals surface area contributed by atoms with Crippen molar-refractivity contribution in [2.24, 2.45) is 0 Å². The average molecular weight is 290 g/mol. The third kappa shape index (κ3) is 3.17. The third-order valence-electron chi connectivity index (χ3n) is 2.38. The molecule has 0 bridgehead atoms. The van der Waals surface area contributed by atoms with Crippen molar-refractivity contribution >= 4 is 27.5 Å². The number of hydrogen-bond acceptors (Lipinski definition) is 1. The van der Waals surface area contributed by atoms with E-state index in [1.54, 1.807) is 0 Å². The van der Waals surface area contributed by atoms with Crippen molar-refractivity contribution in [1.82, 2.24) is 0 Å². The maximum Gasteiger partial charge on any atom is 0.221 e. The van der Waals surface area contributed by atoms with E-state index in [1.165, 1.54) is 6.92 Å². The molecule has 0 saturated heterocycles. The first kappa shape index (κ1) is 11.9. The molecule has 0 aliphatic heterocycles. The zero-order valence-electron chi connectivity index (χ0n) is 9.41. The van der Waals surface area contributed by atoms with Gasteiger partial charge in [-0.2, -0.15) is 0 Å². The van der Waals surface area contributed by atoms with Crippen LogP contribution in [0.15, 0.2) is 53.0 Å². The van der Waals surface area contributed by atoms with Gasteiger partial charge < -0.3 is 5.32 Å². The molecule has 0 spiro atoms. The van der Waals surface area contributed by atoms with Crippen LogP contribution in [0.4, 0.5) is 5.69 Å². The maximum atomic E-state index is 10.9. The molecule has 1 N–H and O–H groups in total. The van der Waals surface area contributed by atoms with E-state index in [1.807, 2.05) is 36.4 Å². The van der Waals surface area contributed by atoms with Crippen LogP contribution < -0.4 is 5.32 Å². The Morgan fingerprint density at radius 2 is 1.41 bits per heavy atom. The summed E-state index contributed by atoms with van der Waals surface area (Å²) < 4.78 is 1.07. The summed E-state index contributed by atoms with van der Waals surface area (Å²) in [6, 6.07) is 15.9. The minimum atomic E-state index is -0.0543. The van der Waals surface area contributed by atoms with Gasteiger partial charge in [0.25, 0.3) is 0 Å². The molecule has 0 saturated carbocycles. The second kappa shape index (κ2) is 5.15. The number of carbonyl (C=O) groups is 1. The first-order valence-electron chi connectivity index (χ1n) is 5.29. The minimum absolute atomic E-state index is 0.0543. The van der Waals surface area contributed by atoms with Crippen molar-refractivity contribution < 1.29 is 4.79 Å². The van der Waals surface area contributed by atoms with Crippen LogP contribution in [0.3, 0.4) is 0 Å². The molecule has 17 heavy (non-hydrogen) atoms. The summed E-state index contributed by atoms with van der Waals surface area (Å²) in [4.78, 5) is 10.9. The fourth-order valence-corrected chi connectivity index (χ4v) is 1.86. The number of carbonyl (C=O) groups excluding carboxylic acids is 1. The molecule has 0 heterocycles. The Morgan fingerprint density at radius 3 is 1.88 bits per heavy atom. The quantitative estimate of drug-likeness (QED) is 0.887. The molecule has 0 aliphatic rings. The van der Waals surface area contributed by atoms with E-state index in [-0.39, 0.29) is 5.91 Å². The lowest BCUT2D eigenvalue weighted by Gasteiger charge is -2.05. The second-order valence-corrected chi connectivity index (χ2v) is 4.68. The van der Waals surface area contributed by atoms with Crippen molar-refractivity contribution in [2.75, 3.05) is 5.32 Å². The van der Waals surface area contributed by atoms with Crippen LogP contribution in [-0.4, -0.2) is 5.91 Å². The summed E-state index contributed by atoms with van der Waals surface area (Å²) in [5.41, 5.74) is 3.10. The number of nitrogens with one attached hydrogen (secondary N) is 1. The monoisotopic (exact) mass is 289 g/mol. The molecule has 2 aromatic rings. The van der Waals surface area contributed by atoms with Gasteiger partial charge in [0, 0.05) is 17.1 Å². The molecule has 2 rings (SSSR count). The van der Waals surface area contributed by atoms with E-state index in [2.05, 4.69) is 33.4 Å². The van der Waals surface area contributed by atoms with Gasteiger partial charge in [-0.05, 0) is 35.4 Å². The van der Waals surface area contributed by atoms with Gasteiger partial charge in [-0.1, -0.05) is 40.2 Å². The fraction of sp³-hybridized carbons (Fsp3) is 0.0714. The van der Waals surface area contributed by atoms with Crippen LogP contribution in [-0.2, 0) is 4.79 Å². The highest BCUT2D eigenvalue weighted by Gasteiger charge is 1.99. The van der Waals surface area contributed by atoms with Gasteiger partial charge in [0.05, 0.1) is 0 Å². The van der Waals surface area contributed by atoms with Gasteiger partial charge in [-0.3, -0.25) is 4.79 Å². The van der Waals surface area contributed by atoms with E-state index >= 15 is 0 Å². The lowest BCUT2D eigenvalue weighted by atomic mass is 10.1. The number of halogens is 1. The lowest BCUT2D eigenvalue weighted by Crippen LogP contribution is -2.05. The number of anilines is 1. The van der Waals surface area contributed by atoms with Crippen LogP contribution in [0.2, 0.25) is 0 Å². The molecule has 2 nitrogen and oxygen atoms in total. The highest BCUT2D eigenvalue weighted by molar-refractivity contribution is 9.10. The number of benzene rings is 2. The Kier molecular flexibility index (Phi) is 3.59. The largest absolute Gasteiger partial charge is 0.326 e. The summed E-state index contributed by atoms with van der Waals surface area (Å²) in [7, 11) is 0. The molecular weight excluding hydrogens is 278 g/mol. The van der Waals surface area contributed by atoms with E-state index in [0.29, 0.717) is 0 Å². The number of hydrogen-bond donors (Lipinski definition) is 1. The van der Waals surface area contributed by atoms with E-state index in [9.17, 15) is 4.79 Å². The number of amides is 1. The second-order valence-electron chi connectivity index (χ2n) is 3.77. The van der Waals surface area contributed by atoms with E-state index < -0.39 is 0 Å². The highest BCUT2D eigenvalue weighted by Crippen LogP contribution is 2.23. The van der Waals surface area contributed by atoms with Crippen molar-refractivity contribution in [2.45, 2.75) is 6.92 Å². The van der Waals surface area contributed by atoms with Gasteiger partial charge in [-0.15, -0.1) is 0 Å². The molecule has 2 aromatic carbocycles. The highest BCUT2D eigenvalue weighted by atomic mass is 79.9. The van der Waals surface area contributed by atoms with Crippen LogP contribution in [0.25, 0.3) is 11.1 Å². The first-order valence-corrected chi connectivity index (χ1v) is 6.08. The topological polar surface area (TPSA) is 29.1 Å². The van der Waals surface area contributed by atoms with Crippen LogP contribution in [0.1, 0.15) is 6.92 Å². The predicted molar refractivity (Wildman–Crippen MR) is 73.9 cm³/mol. The lowest BCUT2D eigenvalue weighted by molar-refractivity contribution is -0.114. The van der Waals surface area contributed by atoms with E-state index in [0.717, 1.165) is 21.3 Å². The van der Waals surface area contributed by atoms with Crippen LogP contribution >= 0.6 is 15.9 Å². The van der Waals surface area contributed by atoms with Crippen LogP contribution in [0, 0.1) is 0 Å². The number of rotatable bonds is 2. The van der Waals surface area contributed by atoms with Crippen molar-refractivity contribution in [1.29, 1.82) is 0 Å². The molecule has 0 radical (unpaired) electrons. The van der Waals surface area contributed by atoms with Crippen molar-refractivity contribution in [3.8, 4) is 11.1 Å². The molecule has 0 unspecified atom stereocenters. The predicted octanol–water partition coefficient (Wildman–Crippen LogP) is 4.07. The summed E-state index contributed by atoms with van der Waals surface area (Å²) in [6.45, 7) is 1.50. The standard InChI is InChI=1S/C14H12BrNO/c1-10(17)16-14-8-4-12(5-9-14)11-2-6-13(15)7-3-11/h2-9H,1H3,(H,16,17). The summed E-state index contributed by atoms with van der Waals surface area (Å²) in [5.74, 6) is -0.0543. The Labute approximate surface area is 109 Å². The summed E-state index contributed by atoms with van der Waals surface area (Å²) in [5, 5.41) is 2.75. The third-order valence-corrected chi connectivity index (χ3v) is 2.91. The van der Waals surface area contributed by atoms with Gasteiger partial charge in [0.2, 0.25) is 5.91 Å². The van der Waals surface area contributed by atoms with Crippen molar-refractivity contribution in [3.05, 3.63) is 53.0 Å². The summed E-state index contributed by atoms with van der Waals surface area (Å²) in [6.07, 6.45) is 0. The molecule has 3 heteroatoms. The molecule has 0 atom stereocenters. The zero-order valence-corrected chi connectivity index (χ0v) is 11.0. The van der Waals surface area contributed by atoms with Gasteiger partial charge >= 0.3 is 0 Å². The molecular formula is C14H12BrNO. The minimum Gasteiger partial charge on any atom is -0.326 e. The first-order chi connectivity index (χ1) is 8.15. The molecule has 1 amide bonds. The summed E-state index contributed by atoms with van der Waals surface area (Å²) >= 11 is 3.41. The maximum absolute atomic E-state index is 10.9. The van der Waals surface area contributed by atoms with Crippen LogP contribution in [0.5, 0.6) is 0 Å². The molecule has 0 fully saturated rings. The SMILES string of the molecule is CC(=O)Nc1ccc(-c2ccc(Br)cc2)cc1. The molecule has 0 aliphatic carbocycles. The fourth-order valence-electron chi connectivity index (χ4n) is 1.59. The Balaban J connectivity index is 2.23. The Bertz CT molecular complexity index is 517. The van der Waals surface area contributed by atoms with E-state index in [4.69, 9.17) is 0 Å². The smallest absolute Gasteiger partial charge is 0.221 e.